The summed E-state index contributed by atoms with van der Waals surface area (Å²) in [5, 5.41) is 25.3. The lowest BCUT2D eigenvalue weighted by atomic mass is 9.95. The van der Waals surface area contributed by atoms with E-state index in [1.165, 1.54) is 30.3 Å². The summed E-state index contributed by atoms with van der Waals surface area (Å²) in [5.74, 6) is 0.582. The number of carbonyl (C=O) groups is 1. The van der Waals surface area contributed by atoms with Gasteiger partial charge in [-0.2, -0.15) is 5.10 Å². The molecular formula is C24H25ClN6O3S. The molecule has 1 fully saturated rings. The zero-order chi connectivity index (χ0) is 24.8. The summed E-state index contributed by atoms with van der Waals surface area (Å²) in [6, 6.07) is 13.9. The highest BCUT2D eigenvalue weighted by Gasteiger charge is 2.24. The molecule has 0 radical (unpaired) electrons. The monoisotopic (exact) mass is 512 g/mol. The fraction of sp³-hybridized carbons (Fsp3) is 0.333. The minimum absolute atomic E-state index is 0.0301. The van der Waals surface area contributed by atoms with E-state index in [-0.39, 0.29) is 23.4 Å². The number of halogens is 1. The number of nitrogens with zero attached hydrogens (tertiary/aromatic N) is 5. The molecule has 1 N–H and O–H groups in total. The predicted molar refractivity (Wildman–Crippen MR) is 137 cm³/mol. The molecule has 1 amide bonds. The number of nitro benzene ring substituents is 1. The topological polar surface area (TPSA) is 115 Å². The second kappa shape index (κ2) is 11.5. The van der Waals surface area contributed by atoms with Crippen LogP contribution < -0.4 is 5.43 Å². The predicted octanol–water partition coefficient (Wildman–Crippen LogP) is 5.64. The molecule has 0 bridgehead atoms. The van der Waals surface area contributed by atoms with Crippen LogP contribution in [0.3, 0.4) is 0 Å². The van der Waals surface area contributed by atoms with Crippen molar-refractivity contribution in [3.8, 4) is 11.4 Å². The Morgan fingerprint density at radius 3 is 2.66 bits per heavy atom. The molecular weight excluding hydrogens is 488 g/mol. The highest BCUT2D eigenvalue weighted by molar-refractivity contribution is 7.99. The van der Waals surface area contributed by atoms with E-state index >= 15 is 0 Å². The zero-order valence-electron chi connectivity index (χ0n) is 19.2. The third kappa shape index (κ3) is 6.26. The summed E-state index contributed by atoms with van der Waals surface area (Å²) in [7, 11) is 0. The standard InChI is InChI=1S/C24H25ClN6O3S/c1-16(18-6-5-9-21(14-18)31(33)34)26-27-22(32)15-35-24-29-28-23(17-10-12-19(25)13-11-17)30(24)20-7-3-2-4-8-20/h5-6,9-14,20H,2-4,7-8,15H2,1H3,(H,27,32). The molecule has 0 aliphatic heterocycles. The average molecular weight is 513 g/mol. The second-order valence-corrected chi connectivity index (χ2v) is 9.68. The molecule has 4 rings (SSSR count). The van der Waals surface area contributed by atoms with Crippen LogP contribution in [0.2, 0.25) is 5.02 Å². The number of benzene rings is 2. The number of nitro groups is 1. The van der Waals surface area contributed by atoms with Gasteiger partial charge in [0.2, 0.25) is 0 Å². The van der Waals surface area contributed by atoms with E-state index in [0.29, 0.717) is 21.5 Å². The Labute approximate surface area is 212 Å². The largest absolute Gasteiger partial charge is 0.299 e. The fourth-order valence-electron chi connectivity index (χ4n) is 4.06. The lowest BCUT2D eigenvalue weighted by Crippen LogP contribution is -2.22. The van der Waals surface area contributed by atoms with Crippen molar-refractivity contribution in [1.29, 1.82) is 0 Å². The first kappa shape index (κ1) is 24.9. The molecule has 0 unspecified atom stereocenters. The summed E-state index contributed by atoms with van der Waals surface area (Å²) in [6.45, 7) is 1.69. The number of hydrogen-bond acceptors (Lipinski definition) is 7. The molecule has 1 aromatic heterocycles. The second-order valence-electron chi connectivity index (χ2n) is 8.30. The number of carbonyl (C=O) groups excluding carboxylic acids is 1. The summed E-state index contributed by atoms with van der Waals surface area (Å²) in [6.07, 6.45) is 5.62. The van der Waals surface area contributed by atoms with Gasteiger partial charge in [-0.3, -0.25) is 19.5 Å². The minimum atomic E-state index is -0.466. The maximum Gasteiger partial charge on any atom is 0.270 e. The molecule has 182 valence electrons. The highest BCUT2D eigenvalue weighted by Crippen LogP contribution is 2.35. The van der Waals surface area contributed by atoms with Crippen LogP contribution in [0, 0.1) is 10.1 Å². The van der Waals surface area contributed by atoms with Crippen molar-refractivity contribution in [1.82, 2.24) is 20.2 Å². The van der Waals surface area contributed by atoms with Gasteiger partial charge >= 0.3 is 0 Å². The van der Waals surface area contributed by atoms with Crippen molar-refractivity contribution in [2.24, 2.45) is 5.10 Å². The highest BCUT2D eigenvalue weighted by atomic mass is 35.5. The Morgan fingerprint density at radius 2 is 1.94 bits per heavy atom. The molecule has 0 spiro atoms. The van der Waals surface area contributed by atoms with Crippen LogP contribution in [0.1, 0.15) is 50.6 Å². The molecule has 1 heterocycles. The minimum Gasteiger partial charge on any atom is -0.299 e. The summed E-state index contributed by atoms with van der Waals surface area (Å²) >= 11 is 7.37. The van der Waals surface area contributed by atoms with E-state index in [2.05, 4.69) is 25.3 Å². The number of hydrogen-bond donors (Lipinski definition) is 1. The van der Waals surface area contributed by atoms with Crippen molar-refractivity contribution in [2.45, 2.75) is 50.2 Å². The van der Waals surface area contributed by atoms with Crippen molar-refractivity contribution in [3.05, 3.63) is 69.2 Å². The Morgan fingerprint density at radius 1 is 1.20 bits per heavy atom. The Kier molecular flexibility index (Phi) is 8.14. The van der Waals surface area contributed by atoms with Crippen LogP contribution in [0.5, 0.6) is 0 Å². The Bertz CT molecular complexity index is 1240. The van der Waals surface area contributed by atoms with Crippen LogP contribution in [0.15, 0.2) is 58.8 Å². The maximum absolute atomic E-state index is 12.5. The fourth-order valence-corrected chi connectivity index (χ4v) is 4.98. The molecule has 2 aromatic carbocycles. The lowest BCUT2D eigenvalue weighted by molar-refractivity contribution is -0.384. The van der Waals surface area contributed by atoms with Crippen LogP contribution >= 0.6 is 23.4 Å². The van der Waals surface area contributed by atoms with Crippen molar-refractivity contribution in [2.75, 3.05) is 5.75 Å². The van der Waals surface area contributed by atoms with Gasteiger partial charge in [-0.1, -0.05) is 54.8 Å². The van der Waals surface area contributed by atoms with Crippen molar-refractivity contribution in [3.63, 3.8) is 0 Å². The lowest BCUT2D eigenvalue weighted by Gasteiger charge is -2.25. The SMILES string of the molecule is CC(=NNC(=O)CSc1nnc(-c2ccc(Cl)cc2)n1C1CCCCC1)c1cccc([N+](=O)[O-])c1. The normalized spacial score (nSPS) is 14.6. The molecule has 3 aromatic rings. The van der Waals surface area contributed by atoms with E-state index in [1.807, 2.05) is 24.3 Å². The molecule has 1 aliphatic rings. The van der Waals surface area contributed by atoms with E-state index in [0.717, 1.165) is 37.1 Å². The van der Waals surface area contributed by atoms with Crippen LogP contribution in [0.25, 0.3) is 11.4 Å². The first-order valence-electron chi connectivity index (χ1n) is 11.3. The number of non-ortho nitro benzene ring substituents is 1. The van der Waals surface area contributed by atoms with E-state index in [9.17, 15) is 14.9 Å². The molecule has 9 nitrogen and oxygen atoms in total. The number of hydrazone groups is 1. The third-order valence-corrected chi connectivity index (χ3v) is 7.06. The van der Waals surface area contributed by atoms with Gasteiger partial charge in [0, 0.05) is 34.3 Å². The van der Waals surface area contributed by atoms with Gasteiger partial charge in [-0.25, -0.2) is 5.43 Å². The molecule has 1 aliphatic carbocycles. The van der Waals surface area contributed by atoms with Gasteiger partial charge in [-0.05, 0) is 44.0 Å². The zero-order valence-corrected chi connectivity index (χ0v) is 20.8. The summed E-state index contributed by atoms with van der Waals surface area (Å²) in [5.41, 5.74) is 4.47. The van der Waals surface area contributed by atoms with Crippen LogP contribution in [-0.2, 0) is 4.79 Å². The van der Waals surface area contributed by atoms with Gasteiger partial charge in [-0.15, -0.1) is 10.2 Å². The number of aromatic nitrogens is 3. The third-order valence-electron chi connectivity index (χ3n) is 5.86. The van der Waals surface area contributed by atoms with E-state index < -0.39 is 4.92 Å². The number of rotatable bonds is 8. The van der Waals surface area contributed by atoms with Crippen molar-refractivity contribution < 1.29 is 9.72 Å². The summed E-state index contributed by atoms with van der Waals surface area (Å²) < 4.78 is 2.15. The van der Waals surface area contributed by atoms with Gasteiger partial charge in [0.05, 0.1) is 16.4 Å². The maximum atomic E-state index is 12.5. The van der Waals surface area contributed by atoms with Gasteiger partial charge < -0.3 is 0 Å². The van der Waals surface area contributed by atoms with Crippen LogP contribution in [0.4, 0.5) is 5.69 Å². The number of nitrogens with one attached hydrogen (secondary N) is 1. The molecule has 11 heteroatoms. The Hall–Kier alpha value is -3.24. The quantitative estimate of drug-likeness (QED) is 0.180. The summed E-state index contributed by atoms with van der Waals surface area (Å²) in [4.78, 5) is 23.0. The first-order valence-corrected chi connectivity index (χ1v) is 12.7. The number of amides is 1. The first-order chi connectivity index (χ1) is 16.9. The molecule has 1 saturated carbocycles. The molecule has 0 atom stereocenters. The van der Waals surface area contributed by atoms with Gasteiger partial charge in [0.25, 0.3) is 11.6 Å². The van der Waals surface area contributed by atoms with E-state index in [4.69, 9.17) is 11.6 Å². The average Bonchev–Trinajstić information content (AvgIpc) is 3.31. The molecule has 0 saturated heterocycles. The van der Waals surface area contributed by atoms with Gasteiger partial charge in [0.1, 0.15) is 0 Å². The number of thioether (sulfide) groups is 1. The van der Waals surface area contributed by atoms with Crippen LogP contribution in [-0.4, -0.2) is 37.1 Å². The van der Waals surface area contributed by atoms with E-state index in [1.54, 1.807) is 19.1 Å². The van der Waals surface area contributed by atoms with Gasteiger partial charge in [0.15, 0.2) is 11.0 Å². The Balaban J connectivity index is 1.46. The smallest absolute Gasteiger partial charge is 0.270 e. The van der Waals surface area contributed by atoms with Crippen molar-refractivity contribution >= 4 is 40.7 Å². The molecule has 35 heavy (non-hydrogen) atoms.